The van der Waals surface area contributed by atoms with Crippen LogP contribution in [-0.4, -0.2) is 117 Å². The predicted molar refractivity (Wildman–Crippen MR) is 217 cm³/mol. The van der Waals surface area contributed by atoms with Gasteiger partial charge >= 0.3 is 30.9 Å². The fourth-order valence-electron chi connectivity index (χ4n) is 9.21. The van der Waals surface area contributed by atoms with E-state index in [4.69, 9.17) is 45.6 Å². The Hall–Kier alpha value is -4.72. The van der Waals surface area contributed by atoms with Gasteiger partial charge in [0.2, 0.25) is 5.91 Å². The van der Waals surface area contributed by atoms with Gasteiger partial charge in [-0.05, 0) is 81.9 Å². The molecule has 5 aliphatic rings. The number of piperazine rings is 1. The molecule has 16 nitrogen and oxygen atoms in total. The maximum Gasteiger partial charge on any atom is 0.482 e. The first-order chi connectivity index (χ1) is 28.6. The Morgan fingerprint density at radius 2 is 1.66 bits per heavy atom. The highest BCUT2D eigenvalue weighted by Crippen LogP contribution is 2.65. The molecule has 332 valence electrons. The molecular formula is C41H53BClF2N5O11. The van der Waals surface area contributed by atoms with Gasteiger partial charge < -0.3 is 49.5 Å². The van der Waals surface area contributed by atoms with Gasteiger partial charge in [0.1, 0.15) is 28.8 Å². The first-order valence-corrected chi connectivity index (χ1v) is 20.4. The third-order valence-electron chi connectivity index (χ3n) is 12.4. The molecule has 20 heteroatoms. The third kappa shape index (κ3) is 8.45. The van der Waals surface area contributed by atoms with Crippen molar-refractivity contribution in [1.29, 1.82) is 0 Å². The van der Waals surface area contributed by atoms with Crippen LogP contribution in [0.5, 0.6) is 17.2 Å². The van der Waals surface area contributed by atoms with Gasteiger partial charge in [0.15, 0.2) is 17.3 Å². The molecule has 0 spiro atoms. The molecule has 1 unspecified atom stereocenters. The number of imide groups is 1. The van der Waals surface area contributed by atoms with E-state index in [1.54, 1.807) is 20.8 Å². The monoisotopic (exact) mass is 875 g/mol. The smallest absolute Gasteiger partial charge is 0.482 e. The third-order valence-corrected chi connectivity index (χ3v) is 12.8. The average molecular weight is 876 g/mol. The zero-order valence-corrected chi connectivity index (χ0v) is 36.5. The molecule has 3 aliphatic carbocycles. The number of rotatable bonds is 13. The first-order valence-electron chi connectivity index (χ1n) is 20.0. The van der Waals surface area contributed by atoms with E-state index in [1.807, 2.05) is 6.92 Å². The molecule has 7 rings (SSSR count). The second-order valence-electron chi connectivity index (χ2n) is 17.5. The predicted octanol–water partition coefficient (Wildman–Crippen LogP) is 3.97. The quantitative estimate of drug-likeness (QED) is 0.149. The van der Waals surface area contributed by atoms with E-state index in [0.29, 0.717) is 17.2 Å². The van der Waals surface area contributed by atoms with Crippen molar-refractivity contribution in [3.8, 4) is 17.2 Å². The maximum atomic E-state index is 15.7. The fourth-order valence-corrected chi connectivity index (χ4v) is 9.54. The van der Waals surface area contributed by atoms with Crippen LogP contribution in [0.4, 0.5) is 13.6 Å². The number of hydrogen-bond donors (Lipinski definition) is 3. The number of nitrogens with two attached hydrogens (primary N) is 1. The molecule has 2 aromatic rings. The summed E-state index contributed by atoms with van der Waals surface area (Å²) in [6.07, 6.45) is 1.04. The minimum absolute atomic E-state index is 0.0282. The second-order valence-corrected chi connectivity index (χ2v) is 17.9. The molecule has 2 bridgehead atoms. The zero-order valence-electron chi connectivity index (χ0n) is 35.7. The van der Waals surface area contributed by atoms with E-state index in [0.717, 1.165) is 18.6 Å². The Balaban J connectivity index is 1.41. The van der Waals surface area contributed by atoms with E-state index >= 15 is 8.78 Å². The molecule has 6 atom stereocenters. The zero-order chi connectivity index (χ0) is 44.9. The highest BCUT2D eigenvalue weighted by atomic mass is 35.5. The van der Waals surface area contributed by atoms with Crippen LogP contribution >= 0.6 is 11.6 Å². The summed E-state index contributed by atoms with van der Waals surface area (Å²) in [6.45, 7) is 11.1. The second kappa shape index (κ2) is 17.2. The summed E-state index contributed by atoms with van der Waals surface area (Å²) in [5, 5.41) is 5.04. The van der Waals surface area contributed by atoms with Gasteiger partial charge in [0, 0.05) is 31.7 Å². The van der Waals surface area contributed by atoms with Gasteiger partial charge in [-0.2, -0.15) is 0 Å². The minimum Gasteiger partial charge on any atom is -0.495 e. The molecule has 5 fully saturated rings. The van der Waals surface area contributed by atoms with Gasteiger partial charge in [-0.3, -0.25) is 19.3 Å². The van der Waals surface area contributed by atoms with E-state index in [-0.39, 0.29) is 83.4 Å². The number of hydrogen-bond acceptors (Lipinski definition) is 12. The lowest BCUT2D eigenvalue weighted by Crippen LogP contribution is -2.65. The number of amides is 5. The van der Waals surface area contributed by atoms with Crippen LogP contribution < -0.4 is 30.6 Å². The number of halogens is 3. The lowest BCUT2D eigenvalue weighted by molar-refractivity contribution is -0.199. The molecule has 61 heavy (non-hydrogen) atoms. The standard InChI is InChI=1S/C41H53BClF2N5O11/c1-39(2,3)59-37(54)28-23(44)11-10-20(31(28)56-7)16-27(42-60-26-18-21-17-25(40(21,4)5)41(26,6)61-42)47-34(51)30(22-19-24(45)32(57-8)33(58-9)29(22)43)48-38(55)50-15-14-49(13-12-46)35(52)36(50)53/h10-11,19,21,25-27,30H,12-18,46H2,1-9H3,(H,47,51)(H,48,55)/t21-,25-,26+,27-,30?,41-/m0/s1. The molecular weight excluding hydrogens is 823 g/mol. The molecule has 2 aromatic carbocycles. The Morgan fingerprint density at radius 3 is 2.26 bits per heavy atom. The van der Waals surface area contributed by atoms with E-state index in [2.05, 4.69) is 24.5 Å². The summed E-state index contributed by atoms with van der Waals surface area (Å²) in [5.41, 5.74) is 3.26. The number of esters is 1. The number of carbonyl (C=O) groups excluding carboxylic acids is 5. The molecule has 4 N–H and O–H groups in total. The average Bonchev–Trinajstić information content (AvgIpc) is 3.56. The van der Waals surface area contributed by atoms with E-state index in [9.17, 15) is 24.0 Å². The van der Waals surface area contributed by atoms with Gasteiger partial charge in [-0.25, -0.2) is 18.4 Å². The summed E-state index contributed by atoms with van der Waals surface area (Å²) in [6, 6.07) is 0.312. The Labute approximate surface area is 358 Å². The van der Waals surface area contributed by atoms with Crippen molar-refractivity contribution in [1.82, 2.24) is 20.4 Å². The summed E-state index contributed by atoms with van der Waals surface area (Å²) < 4.78 is 66.2. The number of nitrogens with zero attached hydrogens (tertiary/aromatic N) is 2. The number of benzene rings is 2. The van der Waals surface area contributed by atoms with E-state index in [1.165, 1.54) is 32.3 Å². The van der Waals surface area contributed by atoms with Gasteiger partial charge in [-0.1, -0.05) is 31.5 Å². The molecule has 5 amide bonds. The molecule has 0 aromatic heterocycles. The van der Waals surface area contributed by atoms with Crippen molar-refractivity contribution >= 4 is 48.4 Å². The highest BCUT2D eigenvalue weighted by molar-refractivity contribution is 6.48. The molecule has 2 saturated heterocycles. The van der Waals surface area contributed by atoms with Crippen LogP contribution in [0.3, 0.4) is 0 Å². The number of urea groups is 1. The Kier molecular flexibility index (Phi) is 12.9. The van der Waals surface area contributed by atoms with Gasteiger partial charge in [0.25, 0.3) is 0 Å². The molecule has 2 heterocycles. The summed E-state index contributed by atoms with van der Waals surface area (Å²) in [7, 11) is 2.49. The lowest BCUT2D eigenvalue weighted by atomic mass is 9.43. The van der Waals surface area contributed by atoms with Crippen molar-refractivity contribution in [3.05, 3.63) is 51.5 Å². The van der Waals surface area contributed by atoms with Crippen molar-refractivity contribution in [2.75, 3.05) is 47.5 Å². The van der Waals surface area contributed by atoms with Crippen molar-refractivity contribution in [2.45, 2.75) is 90.1 Å². The molecule has 3 saturated carbocycles. The summed E-state index contributed by atoms with van der Waals surface area (Å²) >= 11 is 6.77. The Bertz CT molecular complexity index is 2110. The van der Waals surface area contributed by atoms with Crippen LogP contribution in [0.25, 0.3) is 0 Å². The summed E-state index contributed by atoms with van der Waals surface area (Å²) in [5.74, 6) is -7.56. The Morgan fingerprint density at radius 1 is 0.984 bits per heavy atom. The number of carbonyl (C=O) groups is 5. The van der Waals surface area contributed by atoms with Gasteiger partial charge in [0.05, 0.1) is 44.0 Å². The maximum absolute atomic E-state index is 15.7. The van der Waals surface area contributed by atoms with Crippen molar-refractivity contribution < 1.29 is 61.0 Å². The number of ether oxygens (including phenoxy) is 4. The van der Waals surface area contributed by atoms with E-state index < -0.39 is 77.2 Å². The van der Waals surface area contributed by atoms with Crippen LogP contribution in [0.2, 0.25) is 5.02 Å². The largest absolute Gasteiger partial charge is 0.495 e. The fraction of sp³-hybridized carbons (Fsp3) is 0.585. The topological polar surface area (TPSA) is 197 Å². The number of nitrogens with one attached hydrogen (secondary N) is 2. The molecule has 2 aliphatic heterocycles. The number of methoxy groups -OCH3 is 3. The SMILES string of the molecule is COc1c(F)cc(C(NC(=O)N2CCN(CCN)C(=O)C2=O)C(=O)N[C@@H](Cc2ccc(F)c(C(=O)OC(C)(C)C)c2OC)B2O[C@@H]3C[C@@H]4C[C@@H](C4(C)C)[C@]3(C)O2)c(Cl)c1OC. The van der Waals surface area contributed by atoms with Gasteiger partial charge in [-0.15, -0.1) is 0 Å². The lowest BCUT2D eigenvalue weighted by Gasteiger charge is -2.64. The summed E-state index contributed by atoms with van der Waals surface area (Å²) in [4.78, 5) is 70.0. The van der Waals surface area contributed by atoms with Crippen molar-refractivity contribution in [2.24, 2.45) is 23.0 Å². The van der Waals surface area contributed by atoms with Crippen LogP contribution in [0, 0.1) is 28.9 Å². The highest BCUT2D eigenvalue weighted by Gasteiger charge is 2.68. The van der Waals surface area contributed by atoms with Crippen molar-refractivity contribution in [3.63, 3.8) is 0 Å². The first kappa shape index (κ1) is 45.8. The minimum atomic E-state index is -1.86. The van der Waals surface area contributed by atoms with Crippen LogP contribution in [-0.2, 0) is 34.9 Å². The van der Waals surface area contributed by atoms with Crippen LogP contribution in [0.1, 0.15) is 81.9 Å². The normalized spacial score (nSPS) is 24.0. The molecule has 0 radical (unpaired) electrons. The van der Waals surface area contributed by atoms with Crippen LogP contribution in [0.15, 0.2) is 18.2 Å².